The zero-order valence-electron chi connectivity index (χ0n) is 18.9. The van der Waals surface area contributed by atoms with Crippen LogP contribution in [-0.2, 0) is 17.9 Å². The topological polar surface area (TPSA) is 78.7 Å². The number of carbonyl (C=O) groups excluding carboxylic acids is 1. The minimum atomic E-state index is -0.362. The predicted octanol–water partition coefficient (Wildman–Crippen LogP) is 2.60. The maximum atomic E-state index is 13.2. The molecule has 1 N–H and O–H groups in total. The van der Waals surface area contributed by atoms with Crippen molar-refractivity contribution in [3.63, 3.8) is 0 Å². The van der Waals surface area contributed by atoms with E-state index in [1.165, 1.54) is 17.3 Å². The lowest BCUT2D eigenvalue weighted by molar-refractivity contribution is -0.132. The Morgan fingerprint density at radius 3 is 2.48 bits per heavy atom. The number of hydrogen-bond donors (Lipinski definition) is 1. The molecule has 33 heavy (non-hydrogen) atoms. The summed E-state index contributed by atoms with van der Waals surface area (Å²) in [5.74, 6) is 0.0653. The van der Waals surface area contributed by atoms with Crippen molar-refractivity contribution in [2.24, 2.45) is 0 Å². The Hall–Kier alpha value is -2.68. The number of benzene rings is 2. The molecule has 0 aliphatic carbocycles. The molecule has 0 saturated carbocycles. The summed E-state index contributed by atoms with van der Waals surface area (Å²) in [5.41, 5.74) is 1.77. The van der Waals surface area contributed by atoms with Gasteiger partial charge in [-0.15, -0.1) is 0 Å². The normalized spacial score (nSPS) is 15.6. The largest absolute Gasteiger partial charge is 0.396 e. The molecule has 1 aliphatic heterocycles. The molecule has 1 atom stereocenters. The third-order valence-electron chi connectivity index (χ3n) is 5.93. The molecule has 1 saturated heterocycles. The molecule has 174 valence electrons. The first-order valence-electron chi connectivity index (χ1n) is 11.4. The molecule has 1 amide bonds. The third kappa shape index (κ3) is 5.63. The van der Waals surface area contributed by atoms with Crippen molar-refractivity contribution in [3.05, 3.63) is 70.5 Å². The quantitative estimate of drug-likeness (QED) is 0.406. The second-order valence-corrected chi connectivity index (χ2v) is 9.60. The molecule has 2 heterocycles. The Morgan fingerprint density at radius 2 is 1.76 bits per heavy atom. The number of amides is 1. The van der Waals surface area contributed by atoms with E-state index >= 15 is 0 Å². The lowest BCUT2D eigenvalue weighted by atomic mass is 10.2. The van der Waals surface area contributed by atoms with Crippen LogP contribution in [0.1, 0.15) is 18.9 Å². The molecular formula is C25H30N4O3S. The fourth-order valence-electron chi connectivity index (χ4n) is 4.10. The zero-order valence-corrected chi connectivity index (χ0v) is 19.7. The average Bonchev–Trinajstić information content (AvgIpc) is 2.84. The summed E-state index contributed by atoms with van der Waals surface area (Å²) in [4.78, 5) is 35.2. The van der Waals surface area contributed by atoms with E-state index in [0.717, 1.165) is 19.6 Å². The number of aromatic nitrogens is 2. The predicted molar refractivity (Wildman–Crippen MR) is 131 cm³/mol. The fourth-order valence-corrected chi connectivity index (χ4v) is 5.12. The second kappa shape index (κ2) is 11.0. The molecule has 0 spiro atoms. The highest BCUT2D eigenvalue weighted by Crippen LogP contribution is 2.24. The van der Waals surface area contributed by atoms with Crippen molar-refractivity contribution in [2.45, 2.75) is 36.8 Å². The van der Waals surface area contributed by atoms with Crippen LogP contribution in [0.25, 0.3) is 10.9 Å². The lowest BCUT2D eigenvalue weighted by Crippen LogP contribution is -2.50. The first kappa shape index (κ1) is 23.5. The van der Waals surface area contributed by atoms with Crippen molar-refractivity contribution >= 4 is 28.6 Å². The van der Waals surface area contributed by atoms with Gasteiger partial charge in [-0.1, -0.05) is 54.2 Å². The molecule has 2 aromatic carbocycles. The minimum absolute atomic E-state index is 0.00881. The average molecular weight is 467 g/mol. The van der Waals surface area contributed by atoms with Gasteiger partial charge in [0.1, 0.15) is 0 Å². The number of piperazine rings is 1. The van der Waals surface area contributed by atoms with E-state index in [9.17, 15) is 14.7 Å². The summed E-state index contributed by atoms with van der Waals surface area (Å²) in [6.45, 7) is 6.20. The van der Waals surface area contributed by atoms with Crippen LogP contribution in [-0.4, -0.2) is 68.4 Å². The molecule has 3 aromatic rings. The molecule has 1 unspecified atom stereocenters. The van der Waals surface area contributed by atoms with Crippen LogP contribution in [0, 0.1) is 0 Å². The van der Waals surface area contributed by atoms with Crippen LogP contribution in [0.2, 0.25) is 0 Å². The maximum absolute atomic E-state index is 13.2. The highest BCUT2D eigenvalue weighted by atomic mass is 32.2. The first-order chi connectivity index (χ1) is 16.1. The van der Waals surface area contributed by atoms with Crippen LogP contribution >= 0.6 is 11.8 Å². The maximum Gasteiger partial charge on any atom is 0.262 e. The summed E-state index contributed by atoms with van der Waals surface area (Å²) in [6.07, 6.45) is 0.458. The van der Waals surface area contributed by atoms with Gasteiger partial charge in [0.2, 0.25) is 5.91 Å². The number of hydrogen-bond acceptors (Lipinski definition) is 6. The van der Waals surface area contributed by atoms with E-state index in [-0.39, 0.29) is 23.3 Å². The molecule has 1 fully saturated rings. The van der Waals surface area contributed by atoms with E-state index in [1.807, 2.05) is 36.1 Å². The summed E-state index contributed by atoms with van der Waals surface area (Å²) in [6, 6.07) is 17.6. The summed E-state index contributed by atoms with van der Waals surface area (Å²) >= 11 is 1.32. The standard InChI is InChI=1S/C25H30N4O3S/c1-19(23(31)28-15-13-27(14-16-28)18-20-8-3-2-4-9-20)33-25-26-22-11-6-5-10-21(22)24(32)29(25)12-7-17-30/h2-6,8-11,19,30H,7,12-18H2,1H3. The van der Waals surface area contributed by atoms with Gasteiger partial charge in [0.15, 0.2) is 5.16 Å². The highest BCUT2D eigenvalue weighted by molar-refractivity contribution is 8.00. The second-order valence-electron chi connectivity index (χ2n) is 8.29. The smallest absolute Gasteiger partial charge is 0.262 e. The van der Waals surface area contributed by atoms with Crippen molar-refractivity contribution in [3.8, 4) is 0 Å². The third-order valence-corrected chi connectivity index (χ3v) is 7.01. The van der Waals surface area contributed by atoms with Crippen LogP contribution in [0.4, 0.5) is 0 Å². The molecule has 1 aromatic heterocycles. The summed E-state index contributed by atoms with van der Waals surface area (Å²) in [7, 11) is 0. The number of fused-ring (bicyclic) bond motifs is 1. The van der Waals surface area contributed by atoms with Gasteiger partial charge >= 0.3 is 0 Å². The Balaban J connectivity index is 1.43. The number of aliphatic hydroxyl groups is 1. The number of nitrogens with zero attached hydrogens (tertiary/aromatic N) is 4. The van der Waals surface area contributed by atoms with Gasteiger partial charge < -0.3 is 10.0 Å². The Bertz CT molecular complexity index is 1140. The van der Waals surface area contributed by atoms with Gasteiger partial charge in [-0.2, -0.15) is 0 Å². The number of rotatable bonds is 8. The number of carbonyl (C=O) groups is 1. The van der Waals surface area contributed by atoms with E-state index in [1.54, 1.807) is 10.6 Å². The Kier molecular flexibility index (Phi) is 7.80. The SMILES string of the molecule is CC(Sc1nc2ccccc2c(=O)n1CCCO)C(=O)N1CCN(Cc2ccccc2)CC1. The summed E-state index contributed by atoms with van der Waals surface area (Å²) < 4.78 is 1.59. The molecular weight excluding hydrogens is 436 g/mol. The van der Waals surface area contributed by atoms with Gasteiger partial charge in [0, 0.05) is 45.9 Å². The molecule has 0 radical (unpaired) electrons. The molecule has 4 rings (SSSR count). The van der Waals surface area contributed by atoms with E-state index < -0.39 is 0 Å². The zero-order chi connectivity index (χ0) is 23.2. The van der Waals surface area contributed by atoms with Gasteiger partial charge in [-0.25, -0.2) is 4.98 Å². The highest BCUT2D eigenvalue weighted by Gasteiger charge is 2.27. The first-order valence-corrected chi connectivity index (χ1v) is 12.3. The molecule has 8 heteroatoms. The van der Waals surface area contributed by atoms with Crippen LogP contribution < -0.4 is 5.56 Å². The molecule has 7 nitrogen and oxygen atoms in total. The summed E-state index contributed by atoms with van der Waals surface area (Å²) in [5, 5.41) is 9.98. The molecule has 0 bridgehead atoms. The Morgan fingerprint density at radius 1 is 1.06 bits per heavy atom. The molecule has 1 aliphatic rings. The van der Waals surface area contributed by atoms with E-state index in [0.29, 0.717) is 42.1 Å². The number of para-hydroxylation sites is 1. The van der Waals surface area contributed by atoms with Crippen LogP contribution in [0.5, 0.6) is 0 Å². The van der Waals surface area contributed by atoms with Crippen molar-refractivity contribution in [1.82, 2.24) is 19.4 Å². The van der Waals surface area contributed by atoms with Gasteiger partial charge in [-0.05, 0) is 31.0 Å². The monoisotopic (exact) mass is 466 g/mol. The van der Waals surface area contributed by atoms with Crippen molar-refractivity contribution in [1.29, 1.82) is 0 Å². The van der Waals surface area contributed by atoms with Crippen LogP contribution in [0.15, 0.2) is 64.5 Å². The minimum Gasteiger partial charge on any atom is -0.396 e. The van der Waals surface area contributed by atoms with Gasteiger partial charge in [0.05, 0.1) is 16.2 Å². The van der Waals surface area contributed by atoms with Gasteiger partial charge in [-0.3, -0.25) is 19.1 Å². The van der Waals surface area contributed by atoms with Crippen LogP contribution in [0.3, 0.4) is 0 Å². The van der Waals surface area contributed by atoms with E-state index in [4.69, 9.17) is 0 Å². The van der Waals surface area contributed by atoms with Crippen molar-refractivity contribution in [2.75, 3.05) is 32.8 Å². The number of aliphatic hydroxyl groups excluding tert-OH is 1. The van der Waals surface area contributed by atoms with E-state index in [2.05, 4.69) is 34.1 Å². The van der Waals surface area contributed by atoms with Gasteiger partial charge in [0.25, 0.3) is 5.56 Å². The number of thioether (sulfide) groups is 1. The Labute approximate surface area is 198 Å². The fraction of sp³-hybridized carbons (Fsp3) is 0.400. The lowest BCUT2D eigenvalue weighted by Gasteiger charge is -2.35. The van der Waals surface area contributed by atoms with Crippen molar-refractivity contribution < 1.29 is 9.90 Å².